The third-order valence-electron chi connectivity index (χ3n) is 4.59. The van der Waals surface area contributed by atoms with Gasteiger partial charge in [0.25, 0.3) is 0 Å². The summed E-state index contributed by atoms with van der Waals surface area (Å²) in [5.74, 6) is -0.356. The van der Waals surface area contributed by atoms with E-state index in [1.54, 1.807) is 0 Å². The van der Waals surface area contributed by atoms with E-state index in [0.29, 0.717) is 13.0 Å². The van der Waals surface area contributed by atoms with Crippen molar-refractivity contribution in [3.63, 3.8) is 0 Å². The lowest BCUT2D eigenvalue weighted by Gasteiger charge is -2.43. The van der Waals surface area contributed by atoms with E-state index in [0.717, 1.165) is 18.6 Å². The number of likely N-dealkylation sites (N-methyl/N-ethyl adjacent to an activating group) is 1. The number of nitrogens with zero attached hydrogens (tertiary/aromatic N) is 1. The number of unbranched alkanes of at least 4 members (excludes halogenated alkanes) is 9. The number of hydrogen-bond acceptors (Lipinski definition) is 5. The number of carbonyl (C=O) groups is 1. The highest BCUT2D eigenvalue weighted by Gasteiger charge is 2.40. The minimum Gasteiger partial charge on any atom is -0.543 e. The molecule has 0 fully saturated rings. The number of hydrogen-bond donors (Lipinski definition) is 3. The van der Waals surface area contributed by atoms with E-state index >= 15 is 0 Å². The first-order valence-electron chi connectivity index (χ1n) is 9.80. The van der Waals surface area contributed by atoms with Crippen molar-refractivity contribution in [2.45, 2.75) is 83.2 Å². The Morgan fingerprint density at radius 2 is 1.32 bits per heavy atom. The molecular weight excluding hydrogens is 334 g/mol. The summed E-state index contributed by atoms with van der Waals surface area (Å²) in [6.07, 6.45) is 12.8. The second-order valence-electron chi connectivity index (χ2n) is 7.67. The molecule has 5 nitrogen and oxygen atoms in total. The van der Waals surface area contributed by atoms with Gasteiger partial charge < -0.3 is 20.1 Å². The molecule has 0 saturated carbocycles. The topological polar surface area (TPSA) is 92.2 Å². The fourth-order valence-corrected chi connectivity index (χ4v) is 2.59. The number of carboxylic acids is 1. The van der Waals surface area contributed by atoms with Crippen LogP contribution in [0.15, 0.2) is 0 Å². The van der Waals surface area contributed by atoms with Gasteiger partial charge in [0.15, 0.2) is 5.66 Å². The van der Waals surface area contributed by atoms with E-state index in [4.69, 9.17) is 11.5 Å². The van der Waals surface area contributed by atoms with Gasteiger partial charge in [-0.05, 0) is 6.42 Å². The van der Waals surface area contributed by atoms with Crippen LogP contribution in [0, 0.1) is 0 Å². The lowest BCUT2D eigenvalue weighted by atomic mass is 9.98. The Hall–Kier alpha value is -0.300. The van der Waals surface area contributed by atoms with Gasteiger partial charge in [0.05, 0.1) is 21.1 Å². The Bertz CT molecular complexity index is 320. The molecule has 0 heterocycles. The molecule has 0 aromatic carbocycles. The first-order valence-corrected chi connectivity index (χ1v) is 10.4. The number of rotatable bonds is 14. The van der Waals surface area contributed by atoms with Crippen LogP contribution in [0.3, 0.4) is 0 Å². The van der Waals surface area contributed by atoms with Gasteiger partial charge in [-0.15, -0.1) is 0 Å². The van der Waals surface area contributed by atoms with Crippen LogP contribution in [0.25, 0.3) is 0 Å². The van der Waals surface area contributed by atoms with E-state index in [1.807, 2.05) is 21.1 Å². The molecule has 0 spiro atoms. The van der Waals surface area contributed by atoms with Crippen LogP contribution in [0.4, 0.5) is 0 Å². The monoisotopic (exact) mass is 377 g/mol. The van der Waals surface area contributed by atoms with Crippen molar-refractivity contribution >= 4 is 18.6 Å². The first kappa shape index (κ1) is 26.9. The molecule has 1 atom stereocenters. The molecule has 0 saturated heterocycles. The third kappa shape index (κ3) is 13.5. The zero-order valence-electron chi connectivity index (χ0n) is 17.1. The number of thiol groups is 1. The van der Waals surface area contributed by atoms with Crippen molar-refractivity contribution in [3.8, 4) is 0 Å². The molecule has 0 amide bonds. The zero-order chi connectivity index (χ0) is 19.8. The SMILES string of the molecule is CCCCCCCCCCCCC(N)(C(=O)[O-])[N+](C)(C)C.NCCS. The number of carboxylic acid groups (broad SMARTS) is 1. The van der Waals surface area contributed by atoms with Crippen molar-refractivity contribution in [1.82, 2.24) is 0 Å². The van der Waals surface area contributed by atoms with Gasteiger partial charge in [-0.3, -0.25) is 5.73 Å². The molecule has 0 aromatic heterocycles. The maximum absolute atomic E-state index is 11.3. The van der Waals surface area contributed by atoms with Crippen molar-refractivity contribution in [2.24, 2.45) is 11.5 Å². The number of nitrogens with two attached hydrogens (primary N) is 2. The number of quaternary nitrogens is 1. The molecule has 152 valence electrons. The summed E-state index contributed by atoms with van der Waals surface area (Å²) in [5.41, 5.74) is 9.71. The van der Waals surface area contributed by atoms with Crippen molar-refractivity contribution in [2.75, 3.05) is 33.4 Å². The van der Waals surface area contributed by atoms with Gasteiger partial charge in [0.2, 0.25) is 0 Å². The smallest absolute Gasteiger partial charge is 0.190 e. The van der Waals surface area contributed by atoms with Gasteiger partial charge in [0, 0.05) is 18.7 Å². The second-order valence-corrected chi connectivity index (χ2v) is 8.12. The maximum atomic E-state index is 11.3. The predicted molar refractivity (Wildman–Crippen MR) is 109 cm³/mol. The Labute approximate surface area is 161 Å². The average molecular weight is 378 g/mol. The van der Waals surface area contributed by atoms with Crippen LogP contribution in [0.2, 0.25) is 0 Å². The molecule has 0 rings (SSSR count). The Morgan fingerprint density at radius 1 is 0.960 bits per heavy atom. The van der Waals surface area contributed by atoms with Gasteiger partial charge in [-0.25, -0.2) is 0 Å². The van der Waals surface area contributed by atoms with E-state index in [9.17, 15) is 9.90 Å². The molecule has 0 bridgehead atoms. The summed E-state index contributed by atoms with van der Waals surface area (Å²) in [4.78, 5) is 11.3. The standard InChI is InChI=1S/C17H36N2O2.C2H7NS/c1-5-6-7-8-9-10-11-12-13-14-15-17(18,16(20)21)19(2,3)4;3-1-2-4/h5-15,18H2,1-4H3;4H,1-3H2. The fourth-order valence-electron chi connectivity index (χ4n) is 2.59. The van der Waals surface area contributed by atoms with Crippen LogP contribution in [-0.2, 0) is 4.79 Å². The van der Waals surface area contributed by atoms with Gasteiger partial charge in [-0.1, -0.05) is 64.7 Å². The molecule has 0 radical (unpaired) electrons. The van der Waals surface area contributed by atoms with Gasteiger partial charge >= 0.3 is 0 Å². The molecule has 1 unspecified atom stereocenters. The summed E-state index contributed by atoms with van der Waals surface area (Å²) in [6, 6.07) is 0. The lowest BCUT2D eigenvalue weighted by Crippen LogP contribution is -2.71. The highest BCUT2D eigenvalue weighted by atomic mass is 32.1. The van der Waals surface area contributed by atoms with Gasteiger partial charge in [0.1, 0.15) is 5.97 Å². The van der Waals surface area contributed by atoms with E-state index in [-0.39, 0.29) is 4.48 Å². The molecule has 0 aliphatic carbocycles. The first-order chi connectivity index (χ1) is 11.7. The van der Waals surface area contributed by atoms with Crippen LogP contribution >= 0.6 is 12.6 Å². The molecule has 25 heavy (non-hydrogen) atoms. The van der Waals surface area contributed by atoms with Crippen LogP contribution in [0.5, 0.6) is 0 Å². The van der Waals surface area contributed by atoms with Crippen molar-refractivity contribution in [3.05, 3.63) is 0 Å². The Balaban J connectivity index is 0. The predicted octanol–water partition coefficient (Wildman–Crippen LogP) is 2.28. The van der Waals surface area contributed by atoms with Crippen molar-refractivity contribution in [1.29, 1.82) is 0 Å². The minimum absolute atomic E-state index is 0.201. The molecule has 0 aliphatic heterocycles. The van der Waals surface area contributed by atoms with Crippen LogP contribution in [0.1, 0.15) is 77.6 Å². The summed E-state index contributed by atoms with van der Waals surface area (Å²) >= 11 is 3.80. The second kappa shape index (κ2) is 15.9. The number of aliphatic carboxylic acids is 1. The van der Waals surface area contributed by atoms with E-state index in [1.165, 1.54) is 51.4 Å². The number of carbonyl (C=O) groups excluding carboxylic acids is 1. The summed E-state index contributed by atoms with van der Waals surface area (Å²) in [5, 5.41) is 11.3. The lowest BCUT2D eigenvalue weighted by molar-refractivity contribution is -0.916. The highest BCUT2D eigenvalue weighted by molar-refractivity contribution is 7.80. The Morgan fingerprint density at radius 3 is 1.60 bits per heavy atom. The van der Waals surface area contributed by atoms with Crippen LogP contribution in [-0.4, -0.2) is 49.6 Å². The zero-order valence-corrected chi connectivity index (χ0v) is 18.0. The molecule has 0 aromatic rings. The molecular formula is C19H43N3O2S. The molecule has 6 heteroatoms. The molecule has 0 aliphatic rings. The summed E-state index contributed by atoms with van der Waals surface area (Å²) in [7, 11) is 5.43. The fraction of sp³-hybridized carbons (Fsp3) is 0.947. The maximum Gasteiger partial charge on any atom is 0.190 e. The minimum atomic E-state index is -1.28. The normalized spacial score (nSPS) is 13.7. The van der Waals surface area contributed by atoms with E-state index in [2.05, 4.69) is 19.6 Å². The quantitative estimate of drug-likeness (QED) is 0.187. The summed E-state index contributed by atoms with van der Waals surface area (Å²) < 4.78 is 0.201. The third-order valence-corrected chi connectivity index (χ3v) is 4.85. The van der Waals surface area contributed by atoms with E-state index < -0.39 is 11.6 Å². The highest BCUT2D eigenvalue weighted by Crippen LogP contribution is 2.20. The van der Waals surface area contributed by atoms with Crippen molar-refractivity contribution < 1.29 is 14.4 Å². The van der Waals surface area contributed by atoms with Crippen LogP contribution < -0.4 is 16.6 Å². The Kier molecular flexibility index (Phi) is 17.1. The largest absolute Gasteiger partial charge is 0.543 e. The summed E-state index contributed by atoms with van der Waals surface area (Å²) in [6.45, 7) is 2.92. The van der Waals surface area contributed by atoms with Gasteiger partial charge in [-0.2, -0.15) is 12.6 Å². The molecule has 4 N–H and O–H groups in total. The average Bonchev–Trinajstić information content (AvgIpc) is 2.55.